The van der Waals surface area contributed by atoms with Crippen LogP contribution in [0, 0.1) is 0 Å². The normalized spacial score (nSPS) is 17.9. The molecule has 0 bridgehead atoms. The van der Waals surface area contributed by atoms with Crippen molar-refractivity contribution in [2.45, 2.75) is 45.7 Å². The fraction of sp³-hybridized carbons (Fsp3) is 0.562. The molecule has 3 rings (SSSR count). The van der Waals surface area contributed by atoms with E-state index in [4.69, 9.17) is 4.42 Å². The predicted octanol–water partition coefficient (Wildman–Crippen LogP) is 2.88. The summed E-state index contributed by atoms with van der Waals surface area (Å²) in [6, 6.07) is 0.172. The lowest BCUT2D eigenvalue weighted by Gasteiger charge is -2.26. The molecule has 1 amide bonds. The Hall–Kier alpha value is -1.89. The van der Waals surface area contributed by atoms with Crippen molar-refractivity contribution in [3.05, 3.63) is 29.4 Å². The minimum Gasteiger partial charge on any atom is -0.444 e. The summed E-state index contributed by atoms with van der Waals surface area (Å²) in [5, 5.41) is 3.00. The Kier molecular flexibility index (Phi) is 4.66. The van der Waals surface area contributed by atoms with Crippen LogP contribution in [0.2, 0.25) is 0 Å². The molecule has 1 atom stereocenters. The summed E-state index contributed by atoms with van der Waals surface area (Å²) in [6.07, 6.45) is 4.52. The number of thiazole rings is 1. The summed E-state index contributed by atoms with van der Waals surface area (Å²) in [6.45, 7) is 7.90. The number of carbonyl (C=O) groups is 1. The van der Waals surface area contributed by atoms with E-state index in [1.165, 1.54) is 0 Å². The maximum atomic E-state index is 12.1. The molecule has 2 aromatic rings. The van der Waals surface area contributed by atoms with Crippen LogP contribution >= 0.6 is 11.3 Å². The van der Waals surface area contributed by atoms with Gasteiger partial charge in [-0.25, -0.2) is 9.97 Å². The second-order valence-corrected chi connectivity index (χ2v) is 7.03. The lowest BCUT2D eigenvalue weighted by molar-refractivity contribution is -0.131. The van der Waals surface area contributed by atoms with Crippen LogP contribution in [-0.2, 0) is 11.3 Å². The van der Waals surface area contributed by atoms with Gasteiger partial charge in [-0.05, 0) is 6.42 Å². The van der Waals surface area contributed by atoms with Crippen LogP contribution in [0.4, 0.5) is 5.13 Å². The minimum absolute atomic E-state index is 0.0558. The largest absolute Gasteiger partial charge is 0.444 e. The van der Waals surface area contributed by atoms with Crippen molar-refractivity contribution in [2.75, 3.05) is 18.0 Å². The fourth-order valence-corrected chi connectivity index (χ4v) is 3.53. The summed E-state index contributed by atoms with van der Waals surface area (Å²) in [4.78, 5) is 24.9. The molecule has 0 radical (unpaired) electrons. The Balaban J connectivity index is 1.68. The Morgan fingerprint density at radius 1 is 1.52 bits per heavy atom. The summed E-state index contributed by atoms with van der Waals surface area (Å²) < 4.78 is 5.76. The van der Waals surface area contributed by atoms with Gasteiger partial charge in [-0.15, -0.1) is 11.3 Å². The number of hydrogen-bond donors (Lipinski definition) is 0. The van der Waals surface area contributed by atoms with Crippen molar-refractivity contribution in [3.8, 4) is 0 Å². The quantitative estimate of drug-likeness (QED) is 0.841. The molecule has 0 spiro atoms. The third-order valence-electron chi connectivity index (χ3n) is 4.14. The van der Waals surface area contributed by atoms with Gasteiger partial charge < -0.3 is 14.2 Å². The zero-order valence-electron chi connectivity index (χ0n) is 13.7. The number of rotatable bonds is 5. The van der Waals surface area contributed by atoms with Crippen molar-refractivity contribution in [2.24, 2.45) is 0 Å². The van der Waals surface area contributed by atoms with Gasteiger partial charge in [0.2, 0.25) is 11.8 Å². The summed E-state index contributed by atoms with van der Waals surface area (Å²) in [5.74, 6) is 1.82. The molecule has 1 aliphatic rings. The highest BCUT2D eigenvalue weighted by Crippen LogP contribution is 2.26. The zero-order chi connectivity index (χ0) is 16.4. The monoisotopic (exact) mass is 334 g/mol. The number of nitrogens with zero attached hydrogens (tertiary/aromatic N) is 4. The number of aromatic nitrogens is 2. The van der Waals surface area contributed by atoms with E-state index in [9.17, 15) is 4.79 Å². The second kappa shape index (κ2) is 6.70. The Morgan fingerprint density at radius 2 is 2.35 bits per heavy atom. The highest BCUT2D eigenvalue weighted by Gasteiger charge is 2.31. The first-order valence-electron chi connectivity index (χ1n) is 7.91. The molecule has 23 heavy (non-hydrogen) atoms. The maximum absolute atomic E-state index is 12.1. The first kappa shape index (κ1) is 16.0. The van der Waals surface area contributed by atoms with Crippen molar-refractivity contribution in [1.29, 1.82) is 0 Å². The van der Waals surface area contributed by atoms with Crippen LogP contribution in [0.3, 0.4) is 0 Å². The predicted molar refractivity (Wildman–Crippen MR) is 89.5 cm³/mol. The van der Waals surface area contributed by atoms with E-state index >= 15 is 0 Å². The van der Waals surface area contributed by atoms with E-state index in [0.29, 0.717) is 18.4 Å². The summed E-state index contributed by atoms with van der Waals surface area (Å²) in [5.41, 5.74) is 0. The summed E-state index contributed by atoms with van der Waals surface area (Å²) in [7, 11) is 0. The standard InChI is InChI=1S/C16H22N4O2S/c1-11(2)14-8-18-15(22-14)10-20(12(3)21)13-4-6-19(9-13)16-17-5-7-23-16/h5,7-8,11,13H,4,6,9-10H2,1-3H3. The third-order valence-corrected chi connectivity index (χ3v) is 4.98. The van der Waals surface area contributed by atoms with E-state index < -0.39 is 0 Å². The van der Waals surface area contributed by atoms with Gasteiger partial charge in [-0.2, -0.15) is 0 Å². The summed E-state index contributed by atoms with van der Waals surface area (Å²) >= 11 is 1.63. The number of oxazole rings is 1. The van der Waals surface area contributed by atoms with E-state index in [-0.39, 0.29) is 11.9 Å². The Bertz CT molecular complexity index is 653. The van der Waals surface area contributed by atoms with Crippen LogP contribution < -0.4 is 4.90 Å². The van der Waals surface area contributed by atoms with Gasteiger partial charge in [0.15, 0.2) is 5.13 Å². The number of amides is 1. The van der Waals surface area contributed by atoms with E-state index in [1.54, 1.807) is 24.5 Å². The molecule has 1 fully saturated rings. The van der Waals surface area contributed by atoms with Crippen LogP contribution in [-0.4, -0.2) is 39.9 Å². The average molecular weight is 334 g/mol. The third kappa shape index (κ3) is 3.55. The van der Waals surface area contributed by atoms with Crippen molar-refractivity contribution in [3.63, 3.8) is 0 Å². The second-order valence-electron chi connectivity index (χ2n) is 6.16. The van der Waals surface area contributed by atoms with Gasteiger partial charge in [0.25, 0.3) is 0 Å². The topological polar surface area (TPSA) is 62.5 Å². The molecular formula is C16H22N4O2S. The fourth-order valence-electron chi connectivity index (χ4n) is 2.85. The van der Waals surface area contributed by atoms with Crippen molar-refractivity contribution in [1.82, 2.24) is 14.9 Å². The molecule has 0 aromatic carbocycles. The number of hydrogen-bond acceptors (Lipinski definition) is 6. The first-order chi connectivity index (χ1) is 11.0. The SMILES string of the molecule is CC(=O)N(Cc1ncc(C(C)C)o1)C1CCN(c2nccs2)C1. The molecule has 1 saturated heterocycles. The lowest BCUT2D eigenvalue weighted by atomic mass is 10.2. The number of carbonyl (C=O) groups excluding carboxylic acids is 1. The van der Waals surface area contributed by atoms with Crippen molar-refractivity contribution >= 4 is 22.4 Å². The molecule has 0 aliphatic carbocycles. The average Bonchev–Trinajstić information content (AvgIpc) is 3.24. The Morgan fingerprint density at radius 3 is 2.96 bits per heavy atom. The molecule has 0 N–H and O–H groups in total. The smallest absolute Gasteiger partial charge is 0.220 e. The molecule has 3 heterocycles. The molecule has 124 valence electrons. The maximum Gasteiger partial charge on any atom is 0.220 e. The molecule has 7 heteroatoms. The van der Waals surface area contributed by atoms with Crippen LogP contribution in [0.5, 0.6) is 0 Å². The molecular weight excluding hydrogens is 312 g/mol. The van der Waals surface area contributed by atoms with Gasteiger partial charge in [0, 0.05) is 37.5 Å². The van der Waals surface area contributed by atoms with Gasteiger partial charge in [-0.3, -0.25) is 4.79 Å². The van der Waals surface area contributed by atoms with Crippen LogP contribution in [0.1, 0.15) is 44.8 Å². The highest BCUT2D eigenvalue weighted by molar-refractivity contribution is 7.13. The lowest BCUT2D eigenvalue weighted by Crippen LogP contribution is -2.40. The first-order valence-corrected chi connectivity index (χ1v) is 8.78. The highest BCUT2D eigenvalue weighted by atomic mass is 32.1. The van der Waals surface area contributed by atoms with E-state index in [1.807, 2.05) is 16.5 Å². The zero-order valence-corrected chi connectivity index (χ0v) is 14.5. The number of anilines is 1. The minimum atomic E-state index is 0.0558. The van der Waals surface area contributed by atoms with Gasteiger partial charge in [-0.1, -0.05) is 13.8 Å². The molecule has 6 nitrogen and oxygen atoms in total. The van der Waals surface area contributed by atoms with E-state index in [2.05, 4.69) is 28.7 Å². The molecule has 1 unspecified atom stereocenters. The van der Waals surface area contributed by atoms with Crippen LogP contribution in [0.25, 0.3) is 0 Å². The molecule has 1 aliphatic heterocycles. The van der Waals surface area contributed by atoms with Crippen molar-refractivity contribution < 1.29 is 9.21 Å². The van der Waals surface area contributed by atoms with Gasteiger partial charge in [0.1, 0.15) is 5.76 Å². The van der Waals surface area contributed by atoms with Gasteiger partial charge in [0.05, 0.1) is 18.8 Å². The molecule has 2 aromatic heterocycles. The van der Waals surface area contributed by atoms with E-state index in [0.717, 1.165) is 30.4 Å². The van der Waals surface area contributed by atoms with Crippen LogP contribution in [0.15, 0.2) is 22.2 Å². The molecule has 0 saturated carbocycles. The van der Waals surface area contributed by atoms with Gasteiger partial charge >= 0.3 is 0 Å². The Labute approximate surface area is 140 Å².